The molecule has 4 aromatic rings. The van der Waals surface area contributed by atoms with Crippen molar-refractivity contribution in [3.63, 3.8) is 0 Å². The number of nitrogens with one attached hydrogen (secondary N) is 1. The topological polar surface area (TPSA) is 77.6 Å². The Bertz CT molecular complexity index is 1050. The number of nitrogens with zero attached hydrogens (tertiary/aromatic N) is 5. The predicted molar refractivity (Wildman–Crippen MR) is 102 cm³/mol. The van der Waals surface area contributed by atoms with Gasteiger partial charge >= 0.3 is 0 Å². The fraction of sp³-hybridized carbons (Fsp3) is 0.200. The van der Waals surface area contributed by atoms with E-state index in [2.05, 4.69) is 20.5 Å². The van der Waals surface area contributed by atoms with Crippen molar-refractivity contribution in [2.75, 3.05) is 0 Å². The minimum absolute atomic E-state index is 0.0970. The van der Waals surface area contributed by atoms with Crippen molar-refractivity contribution in [3.05, 3.63) is 72.3 Å². The van der Waals surface area contributed by atoms with Crippen LogP contribution in [-0.2, 0) is 11.3 Å². The van der Waals surface area contributed by atoms with E-state index in [-0.39, 0.29) is 18.5 Å². The number of hydrogen-bond acceptors (Lipinski definition) is 4. The molecule has 7 heteroatoms. The van der Waals surface area contributed by atoms with Gasteiger partial charge in [-0.2, -0.15) is 10.2 Å². The molecule has 3 heterocycles. The second kappa shape index (κ2) is 7.03. The van der Waals surface area contributed by atoms with Gasteiger partial charge in [-0.25, -0.2) is 9.67 Å². The molecule has 3 aromatic heterocycles. The van der Waals surface area contributed by atoms with Crippen LogP contribution >= 0.6 is 0 Å². The van der Waals surface area contributed by atoms with Crippen LogP contribution in [0.4, 0.5) is 0 Å². The smallest absolute Gasteiger partial charge is 0.242 e. The minimum atomic E-state index is -0.167. The van der Waals surface area contributed by atoms with Crippen LogP contribution in [0, 0.1) is 6.92 Å². The number of pyridine rings is 1. The Morgan fingerprint density at radius 3 is 2.78 bits per heavy atom. The first-order chi connectivity index (χ1) is 13.1. The van der Waals surface area contributed by atoms with E-state index in [1.807, 2.05) is 62.5 Å². The Kier molecular flexibility index (Phi) is 4.42. The van der Waals surface area contributed by atoms with E-state index in [9.17, 15) is 4.79 Å². The molecule has 4 rings (SSSR count). The first-order valence-electron chi connectivity index (χ1n) is 8.79. The maximum atomic E-state index is 12.4. The Balaban J connectivity index is 1.46. The molecule has 0 radical (unpaired) electrons. The Morgan fingerprint density at radius 1 is 1.19 bits per heavy atom. The largest absolute Gasteiger partial charge is 0.348 e. The lowest BCUT2D eigenvalue weighted by molar-refractivity contribution is -0.122. The molecule has 1 N–H and O–H groups in total. The fourth-order valence-electron chi connectivity index (χ4n) is 3.17. The molecule has 0 saturated carbocycles. The summed E-state index contributed by atoms with van der Waals surface area (Å²) < 4.78 is 3.44. The van der Waals surface area contributed by atoms with E-state index in [1.165, 1.54) is 0 Å². The lowest BCUT2D eigenvalue weighted by Crippen LogP contribution is -2.30. The lowest BCUT2D eigenvalue weighted by atomic mass is 10.1. The molecule has 0 fully saturated rings. The summed E-state index contributed by atoms with van der Waals surface area (Å²) in [6.45, 7) is 4.09. The molecular formula is C20H20N6O. The summed E-state index contributed by atoms with van der Waals surface area (Å²) in [5.41, 5.74) is 2.79. The average Bonchev–Trinajstić information content (AvgIpc) is 3.25. The molecule has 1 aromatic carbocycles. The average molecular weight is 360 g/mol. The van der Waals surface area contributed by atoms with Gasteiger partial charge in [0, 0.05) is 29.0 Å². The number of rotatable bonds is 5. The number of amides is 1. The monoisotopic (exact) mass is 360 g/mol. The molecule has 0 aliphatic carbocycles. The highest BCUT2D eigenvalue weighted by molar-refractivity contribution is 5.80. The first kappa shape index (κ1) is 17.0. The second-order valence-electron chi connectivity index (χ2n) is 6.46. The number of fused-ring (bicyclic) bond motifs is 1. The number of carbonyl (C=O) groups excluding carboxylic acids is 1. The van der Waals surface area contributed by atoms with Crippen molar-refractivity contribution in [1.29, 1.82) is 0 Å². The van der Waals surface area contributed by atoms with E-state index < -0.39 is 0 Å². The van der Waals surface area contributed by atoms with Crippen LogP contribution in [0.15, 0.2) is 61.1 Å². The van der Waals surface area contributed by atoms with Gasteiger partial charge in [0.15, 0.2) is 5.82 Å². The van der Waals surface area contributed by atoms with Gasteiger partial charge in [0.25, 0.3) is 0 Å². The molecule has 0 spiro atoms. The number of carbonyl (C=O) groups is 1. The van der Waals surface area contributed by atoms with E-state index >= 15 is 0 Å². The van der Waals surface area contributed by atoms with Gasteiger partial charge < -0.3 is 5.32 Å². The molecule has 0 bridgehead atoms. The number of aromatic nitrogens is 5. The minimum Gasteiger partial charge on any atom is -0.348 e. The summed E-state index contributed by atoms with van der Waals surface area (Å²) in [4.78, 5) is 16.8. The van der Waals surface area contributed by atoms with Gasteiger partial charge in [0.1, 0.15) is 6.54 Å². The quantitative estimate of drug-likeness (QED) is 0.594. The molecule has 0 saturated heterocycles. The SMILES string of the molecule is Cc1c([C@@H](C)NC(=O)Cn2cc3ccccc3n2)cnn1-c1ccccn1. The molecule has 1 atom stereocenters. The molecule has 27 heavy (non-hydrogen) atoms. The molecule has 0 aliphatic rings. The van der Waals surface area contributed by atoms with E-state index in [1.54, 1.807) is 21.8 Å². The summed E-state index contributed by atoms with van der Waals surface area (Å²) in [6, 6.07) is 13.3. The highest BCUT2D eigenvalue weighted by Gasteiger charge is 2.17. The van der Waals surface area contributed by atoms with Crippen LogP contribution in [0.5, 0.6) is 0 Å². The van der Waals surface area contributed by atoms with Crippen molar-refractivity contribution >= 4 is 16.8 Å². The van der Waals surface area contributed by atoms with Gasteiger partial charge in [0.05, 0.1) is 17.8 Å². The number of hydrogen-bond donors (Lipinski definition) is 1. The number of benzene rings is 1. The third kappa shape index (κ3) is 3.44. The van der Waals surface area contributed by atoms with Crippen LogP contribution in [-0.4, -0.2) is 30.5 Å². The molecular weight excluding hydrogens is 340 g/mol. The molecule has 136 valence electrons. The molecule has 0 aliphatic heterocycles. The standard InChI is InChI=1S/C20H20N6O/c1-14(17-11-22-26(15(17)2)19-9-5-6-10-21-19)23-20(27)13-25-12-16-7-3-4-8-18(16)24-25/h3-12,14H,13H2,1-2H3,(H,23,27)/t14-/m1/s1. The maximum absolute atomic E-state index is 12.4. The third-order valence-corrected chi connectivity index (χ3v) is 4.52. The van der Waals surface area contributed by atoms with Crippen molar-refractivity contribution in [1.82, 2.24) is 29.9 Å². The zero-order valence-corrected chi connectivity index (χ0v) is 15.2. The van der Waals surface area contributed by atoms with E-state index in [4.69, 9.17) is 0 Å². The highest BCUT2D eigenvalue weighted by atomic mass is 16.2. The van der Waals surface area contributed by atoms with Crippen molar-refractivity contribution < 1.29 is 4.79 Å². The van der Waals surface area contributed by atoms with Crippen molar-refractivity contribution in [2.45, 2.75) is 26.4 Å². The first-order valence-corrected chi connectivity index (χ1v) is 8.79. The van der Waals surface area contributed by atoms with Crippen LogP contribution in [0.2, 0.25) is 0 Å². The second-order valence-corrected chi connectivity index (χ2v) is 6.46. The Labute approximate surface area is 156 Å². The Hall–Kier alpha value is -3.48. The summed E-state index contributed by atoms with van der Waals surface area (Å²) in [5.74, 6) is 0.656. The van der Waals surface area contributed by atoms with Gasteiger partial charge in [-0.1, -0.05) is 24.3 Å². The van der Waals surface area contributed by atoms with Crippen molar-refractivity contribution in [2.24, 2.45) is 0 Å². The van der Waals surface area contributed by atoms with Crippen LogP contribution in [0.25, 0.3) is 16.7 Å². The van der Waals surface area contributed by atoms with Crippen LogP contribution in [0.1, 0.15) is 24.2 Å². The van der Waals surface area contributed by atoms with Gasteiger partial charge in [-0.3, -0.25) is 9.48 Å². The van der Waals surface area contributed by atoms with Crippen LogP contribution < -0.4 is 5.32 Å². The van der Waals surface area contributed by atoms with Gasteiger partial charge in [-0.05, 0) is 32.0 Å². The fourth-order valence-corrected chi connectivity index (χ4v) is 3.17. The van der Waals surface area contributed by atoms with Crippen LogP contribution in [0.3, 0.4) is 0 Å². The molecule has 1 amide bonds. The van der Waals surface area contributed by atoms with Gasteiger partial charge in [0.2, 0.25) is 5.91 Å². The zero-order valence-electron chi connectivity index (χ0n) is 15.2. The summed E-state index contributed by atoms with van der Waals surface area (Å²) in [6.07, 6.45) is 5.39. The summed E-state index contributed by atoms with van der Waals surface area (Å²) >= 11 is 0. The van der Waals surface area contributed by atoms with E-state index in [0.29, 0.717) is 0 Å². The maximum Gasteiger partial charge on any atom is 0.242 e. The normalized spacial score (nSPS) is 12.2. The third-order valence-electron chi connectivity index (χ3n) is 4.52. The molecule has 7 nitrogen and oxygen atoms in total. The summed E-state index contributed by atoms with van der Waals surface area (Å²) in [5, 5.41) is 12.9. The zero-order chi connectivity index (χ0) is 18.8. The highest BCUT2D eigenvalue weighted by Crippen LogP contribution is 2.19. The predicted octanol–water partition coefficient (Wildman–Crippen LogP) is 2.80. The summed E-state index contributed by atoms with van der Waals surface area (Å²) in [7, 11) is 0. The lowest BCUT2D eigenvalue weighted by Gasteiger charge is -2.14. The van der Waals surface area contributed by atoms with Gasteiger partial charge in [-0.15, -0.1) is 0 Å². The molecule has 0 unspecified atom stereocenters. The Morgan fingerprint density at radius 2 is 2.00 bits per heavy atom. The van der Waals surface area contributed by atoms with E-state index in [0.717, 1.165) is 28.0 Å². The van der Waals surface area contributed by atoms with Crippen molar-refractivity contribution in [3.8, 4) is 5.82 Å².